The number of ether oxygens (including phenoxy) is 1. The highest BCUT2D eigenvalue weighted by molar-refractivity contribution is 5.41. The van der Waals surface area contributed by atoms with Gasteiger partial charge < -0.3 is 10.1 Å². The predicted molar refractivity (Wildman–Crippen MR) is 103 cm³/mol. The molecule has 1 aromatic heterocycles. The lowest BCUT2D eigenvalue weighted by Gasteiger charge is -2.16. The summed E-state index contributed by atoms with van der Waals surface area (Å²) < 4.78 is 7.93. The summed E-state index contributed by atoms with van der Waals surface area (Å²) in [6.07, 6.45) is 5.02. The van der Waals surface area contributed by atoms with E-state index >= 15 is 0 Å². The van der Waals surface area contributed by atoms with Crippen molar-refractivity contribution in [1.82, 2.24) is 15.1 Å². The maximum Gasteiger partial charge on any atom is 0.123 e. The molecule has 1 aliphatic rings. The van der Waals surface area contributed by atoms with Crippen molar-refractivity contribution >= 4 is 0 Å². The van der Waals surface area contributed by atoms with Gasteiger partial charge in [0.1, 0.15) is 11.4 Å². The van der Waals surface area contributed by atoms with E-state index in [2.05, 4.69) is 72.9 Å². The number of benzene rings is 2. The Kier molecular flexibility index (Phi) is 4.51. The predicted octanol–water partition coefficient (Wildman–Crippen LogP) is 3.93. The van der Waals surface area contributed by atoms with Crippen LogP contribution in [0.15, 0.2) is 60.9 Å². The Bertz CT molecular complexity index is 883. The molecule has 0 radical (unpaired) electrons. The van der Waals surface area contributed by atoms with Gasteiger partial charge in [0.2, 0.25) is 0 Å². The van der Waals surface area contributed by atoms with Gasteiger partial charge in [0.15, 0.2) is 0 Å². The van der Waals surface area contributed by atoms with Crippen molar-refractivity contribution in [2.45, 2.75) is 45.5 Å². The summed E-state index contributed by atoms with van der Waals surface area (Å²) in [6, 6.07) is 16.9. The number of fused-ring (bicyclic) bond motifs is 1. The molecule has 2 heterocycles. The van der Waals surface area contributed by atoms with Gasteiger partial charge in [-0.05, 0) is 36.6 Å². The fourth-order valence-corrected chi connectivity index (χ4v) is 3.48. The number of nitrogens with zero attached hydrogens (tertiary/aromatic N) is 2. The second kappa shape index (κ2) is 6.96. The second-order valence-electron chi connectivity index (χ2n) is 7.62. The first-order valence-corrected chi connectivity index (χ1v) is 9.14. The van der Waals surface area contributed by atoms with Crippen molar-refractivity contribution < 1.29 is 4.74 Å². The zero-order valence-electron chi connectivity index (χ0n) is 15.4. The van der Waals surface area contributed by atoms with Crippen molar-refractivity contribution in [3.8, 4) is 5.75 Å². The van der Waals surface area contributed by atoms with E-state index in [4.69, 9.17) is 4.74 Å². The molecule has 4 nitrogen and oxygen atoms in total. The molecule has 4 heteroatoms. The largest absolute Gasteiger partial charge is 0.487 e. The smallest absolute Gasteiger partial charge is 0.123 e. The Hall–Kier alpha value is -2.59. The van der Waals surface area contributed by atoms with Crippen LogP contribution in [-0.2, 0) is 26.1 Å². The Morgan fingerprint density at radius 2 is 1.85 bits per heavy atom. The van der Waals surface area contributed by atoms with Crippen molar-refractivity contribution in [2.75, 3.05) is 0 Å². The molecule has 0 atom stereocenters. The molecule has 26 heavy (non-hydrogen) atoms. The minimum absolute atomic E-state index is 0.0816. The van der Waals surface area contributed by atoms with E-state index < -0.39 is 0 Å². The summed E-state index contributed by atoms with van der Waals surface area (Å²) >= 11 is 0. The zero-order chi connectivity index (χ0) is 18.0. The summed E-state index contributed by atoms with van der Waals surface area (Å²) in [4.78, 5) is 0. The zero-order valence-corrected chi connectivity index (χ0v) is 15.4. The third-order valence-corrected chi connectivity index (χ3v) is 4.66. The first kappa shape index (κ1) is 16.9. The van der Waals surface area contributed by atoms with Crippen molar-refractivity contribution in [1.29, 1.82) is 0 Å². The SMILES string of the molecule is CC1(C)Cc2cc(CNCc3cnn(Cc4ccccc4)c3)ccc2O1. The van der Waals surface area contributed by atoms with Gasteiger partial charge in [-0.3, -0.25) is 4.68 Å². The highest BCUT2D eigenvalue weighted by atomic mass is 16.5. The van der Waals surface area contributed by atoms with Crippen LogP contribution in [0.2, 0.25) is 0 Å². The molecular weight excluding hydrogens is 322 g/mol. The van der Waals surface area contributed by atoms with Gasteiger partial charge in [-0.1, -0.05) is 42.5 Å². The molecule has 1 N–H and O–H groups in total. The van der Waals surface area contributed by atoms with Crippen LogP contribution in [0.4, 0.5) is 0 Å². The van der Waals surface area contributed by atoms with Crippen LogP contribution in [0.1, 0.15) is 36.1 Å². The third-order valence-electron chi connectivity index (χ3n) is 4.66. The molecule has 0 unspecified atom stereocenters. The topological polar surface area (TPSA) is 39.1 Å². The molecule has 3 aromatic rings. The molecule has 0 spiro atoms. The van der Waals surface area contributed by atoms with Crippen molar-refractivity contribution in [3.05, 3.63) is 83.2 Å². The van der Waals surface area contributed by atoms with Crippen molar-refractivity contribution in [3.63, 3.8) is 0 Å². The van der Waals surface area contributed by atoms with E-state index in [0.717, 1.165) is 31.8 Å². The average molecular weight is 347 g/mol. The monoisotopic (exact) mass is 347 g/mol. The minimum atomic E-state index is -0.0816. The van der Waals surface area contributed by atoms with Gasteiger partial charge in [-0.25, -0.2) is 0 Å². The fourth-order valence-electron chi connectivity index (χ4n) is 3.48. The molecule has 0 aliphatic carbocycles. The summed E-state index contributed by atoms with van der Waals surface area (Å²) in [6.45, 7) is 6.74. The van der Waals surface area contributed by atoms with Gasteiger partial charge >= 0.3 is 0 Å². The minimum Gasteiger partial charge on any atom is -0.487 e. The number of hydrogen-bond donors (Lipinski definition) is 1. The van der Waals surface area contributed by atoms with Gasteiger partial charge in [0, 0.05) is 31.3 Å². The average Bonchev–Trinajstić information content (AvgIpc) is 3.17. The quantitative estimate of drug-likeness (QED) is 0.734. The van der Waals surface area contributed by atoms with Crippen LogP contribution in [0.5, 0.6) is 5.75 Å². The van der Waals surface area contributed by atoms with Crippen LogP contribution >= 0.6 is 0 Å². The van der Waals surface area contributed by atoms with Gasteiger partial charge in [0.25, 0.3) is 0 Å². The van der Waals surface area contributed by atoms with E-state index in [0.29, 0.717) is 0 Å². The number of hydrogen-bond acceptors (Lipinski definition) is 3. The van der Waals surface area contributed by atoms with Gasteiger partial charge in [0.05, 0.1) is 12.7 Å². The number of nitrogens with one attached hydrogen (secondary N) is 1. The Balaban J connectivity index is 1.31. The van der Waals surface area contributed by atoms with Crippen LogP contribution in [-0.4, -0.2) is 15.4 Å². The maximum absolute atomic E-state index is 5.94. The third kappa shape index (κ3) is 3.97. The molecule has 0 amide bonds. The van der Waals surface area contributed by atoms with E-state index in [9.17, 15) is 0 Å². The highest BCUT2D eigenvalue weighted by Crippen LogP contribution is 2.35. The number of rotatable bonds is 6. The normalized spacial score (nSPS) is 14.8. The Labute approximate surface area is 154 Å². The second-order valence-corrected chi connectivity index (χ2v) is 7.62. The molecular formula is C22H25N3O. The van der Waals surface area contributed by atoms with Gasteiger partial charge in [-0.15, -0.1) is 0 Å². The Morgan fingerprint density at radius 3 is 2.69 bits per heavy atom. The standard InChI is InChI=1S/C22H25N3O/c1-22(2)11-20-10-18(8-9-21(20)26-22)12-23-13-19-14-24-25(16-19)15-17-6-4-3-5-7-17/h3-10,14,16,23H,11-13,15H2,1-2H3. The lowest BCUT2D eigenvalue weighted by Crippen LogP contribution is -2.24. The van der Waals surface area contributed by atoms with E-state index in [1.807, 2.05) is 16.9 Å². The molecule has 0 saturated carbocycles. The molecule has 2 aromatic carbocycles. The van der Waals surface area contributed by atoms with Crippen LogP contribution in [0, 0.1) is 0 Å². The maximum atomic E-state index is 5.94. The van der Waals surface area contributed by atoms with Crippen LogP contribution < -0.4 is 10.1 Å². The Morgan fingerprint density at radius 1 is 1.04 bits per heavy atom. The van der Waals surface area contributed by atoms with Crippen LogP contribution in [0.25, 0.3) is 0 Å². The summed E-state index contributed by atoms with van der Waals surface area (Å²) in [5.74, 6) is 1.03. The summed E-state index contributed by atoms with van der Waals surface area (Å²) in [7, 11) is 0. The molecule has 0 fully saturated rings. The summed E-state index contributed by atoms with van der Waals surface area (Å²) in [5.41, 5.74) is 4.98. The summed E-state index contributed by atoms with van der Waals surface area (Å²) in [5, 5.41) is 7.97. The lowest BCUT2D eigenvalue weighted by molar-refractivity contribution is 0.138. The van der Waals surface area contributed by atoms with Gasteiger partial charge in [-0.2, -0.15) is 5.10 Å². The van der Waals surface area contributed by atoms with Crippen molar-refractivity contribution in [2.24, 2.45) is 0 Å². The molecule has 4 rings (SSSR count). The van der Waals surface area contributed by atoms with Crippen LogP contribution in [0.3, 0.4) is 0 Å². The van der Waals surface area contributed by atoms with E-state index in [1.165, 1.54) is 22.3 Å². The first-order valence-electron chi connectivity index (χ1n) is 9.14. The highest BCUT2D eigenvalue weighted by Gasteiger charge is 2.29. The molecule has 0 bridgehead atoms. The van der Waals surface area contributed by atoms with E-state index in [1.54, 1.807) is 0 Å². The first-order chi connectivity index (χ1) is 12.6. The molecule has 134 valence electrons. The lowest BCUT2D eigenvalue weighted by atomic mass is 10.0. The molecule has 0 saturated heterocycles. The number of aromatic nitrogens is 2. The molecule has 1 aliphatic heterocycles. The fraction of sp³-hybridized carbons (Fsp3) is 0.318. The van der Waals surface area contributed by atoms with E-state index in [-0.39, 0.29) is 5.60 Å².